The van der Waals surface area contributed by atoms with Gasteiger partial charge >= 0.3 is 0 Å². The molecule has 1 aliphatic heterocycles. The van der Waals surface area contributed by atoms with E-state index >= 15 is 0 Å². The van der Waals surface area contributed by atoms with Crippen molar-refractivity contribution in [1.82, 2.24) is 28.9 Å². The highest BCUT2D eigenvalue weighted by molar-refractivity contribution is 7.89. The van der Waals surface area contributed by atoms with Gasteiger partial charge in [0.15, 0.2) is 0 Å². The van der Waals surface area contributed by atoms with Crippen molar-refractivity contribution >= 4 is 16.1 Å². The topological polar surface area (TPSA) is 119 Å². The number of piperidine rings is 1. The average Bonchev–Trinajstić information content (AvgIpc) is 3.57. The molecule has 1 unspecified atom stereocenters. The summed E-state index contributed by atoms with van der Waals surface area (Å²) in [4.78, 5) is 4.36. The quantitative estimate of drug-likeness (QED) is 0.365. The van der Waals surface area contributed by atoms with Gasteiger partial charge in [-0.2, -0.15) is 19.8 Å². The van der Waals surface area contributed by atoms with E-state index in [0.717, 1.165) is 22.5 Å². The average molecular weight is 546 g/mol. The molecule has 1 aliphatic carbocycles. The second-order valence-corrected chi connectivity index (χ2v) is 11.7. The molecule has 4 heterocycles. The summed E-state index contributed by atoms with van der Waals surface area (Å²) in [6, 6.07) is 11.5. The zero-order chi connectivity index (χ0) is 27.2. The summed E-state index contributed by atoms with van der Waals surface area (Å²) in [5.74, 6) is -0.128. The van der Waals surface area contributed by atoms with Crippen molar-refractivity contribution < 1.29 is 17.5 Å². The third kappa shape index (κ3) is 4.39. The van der Waals surface area contributed by atoms with Crippen LogP contribution in [-0.2, 0) is 23.5 Å². The summed E-state index contributed by atoms with van der Waals surface area (Å²) in [6.07, 6.45) is 9.12. The van der Waals surface area contributed by atoms with Crippen LogP contribution in [0.4, 0.5) is 4.39 Å². The molecule has 2 aliphatic rings. The molecule has 3 aromatic heterocycles. The molecule has 0 amide bonds. The zero-order valence-electron chi connectivity index (χ0n) is 21.0. The van der Waals surface area contributed by atoms with E-state index in [9.17, 15) is 18.1 Å². The maximum Gasteiger partial charge on any atom is 0.246 e. The van der Waals surface area contributed by atoms with E-state index in [4.69, 9.17) is 4.74 Å². The van der Waals surface area contributed by atoms with Gasteiger partial charge in [0.2, 0.25) is 15.9 Å². The first-order valence-corrected chi connectivity index (χ1v) is 13.7. The Labute approximate surface area is 224 Å². The van der Waals surface area contributed by atoms with Crippen LogP contribution in [0.1, 0.15) is 23.2 Å². The van der Waals surface area contributed by atoms with Gasteiger partial charge in [0.05, 0.1) is 23.8 Å². The fourth-order valence-corrected chi connectivity index (χ4v) is 6.81. The van der Waals surface area contributed by atoms with Crippen LogP contribution in [0.15, 0.2) is 71.7 Å². The van der Waals surface area contributed by atoms with Gasteiger partial charge in [-0.25, -0.2) is 22.5 Å². The molecular formula is C27H24FN7O3S. The third-order valence-corrected chi connectivity index (χ3v) is 9.08. The summed E-state index contributed by atoms with van der Waals surface area (Å²) < 4.78 is 51.5. The molecule has 0 radical (unpaired) electrons. The highest BCUT2D eigenvalue weighted by atomic mass is 32.2. The number of aromatic nitrogens is 5. The first-order valence-electron chi connectivity index (χ1n) is 12.3. The van der Waals surface area contributed by atoms with Gasteiger partial charge in [-0.1, -0.05) is 5.57 Å². The maximum atomic E-state index is 13.6. The van der Waals surface area contributed by atoms with E-state index in [1.54, 1.807) is 48.4 Å². The molecular weight excluding hydrogens is 521 g/mol. The normalized spacial score (nSPS) is 19.1. The van der Waals surface area contributed by atoms with Crippen LogP contribution in [-0.4, -0.2) is 57.0 Å². The van der Waals surface area contributed by atoms with Crippen molar-refractivity contribution in [2.24, 2.45) is 12.5 Å². The Balaban J connectivity index is 1.39. The Kier molecular flexibility index (Phi) is 6.05. The molecule has 0 spiro atoms. The van der Waals surface area contributed by atoms with Gasteiger partial charge in [0.25, 0.3) is 0 Å². The van der Waals surface area contributed by atoms with Gasteiger partial charge in [-0.15, -0.1) is 0 Å². The Morgan fingerprint density at radius 2 is 2.00 bits per heavy atom. The van der Waals surface area contributed by atoms with Crippen LogP contribution >= 0.6 is 0 Å². The number of ether oxygens (including phenoxy) is 1. The molecule has 198 valence electrons. The van der Waals surface area contributed by atoms with Gasteiger partial charge in [-0.3, -0.25) is 4.68 Å². The highest BCUT2D eigenvalue weighted by Crippen LogP contribution is 2.45. The van der Waals surface area contributed by atoms with E-state index < -0.39 is 15.4 Å². The van der Waals surface area contributed by atoms with Gasteiger partial charge in [0.1, 0.15) is 29.0 Å². The number of pyridine rings is 1. The standard InChI is InChI=1S/C27H24FN7O3S/c1-33-16-24(15-31-33)39(36,37)34-10-8-21-11-25-20(14-32-35(25)23-6-4-22(28)5-7-23)12-27(21,17-34)18-38-26-19(13-29)3-2-9-30-26/h2-7,9,11,14-16H,8,10,12,17-18H2,1H3. The van der Waals surface area contributed by atoms with Crippen molar-refractivity contribution in [2.75, 3.05) is 19.7 Å². The minimum absolute atomic E-state index is 0.116. The fraction of sp³-hybridized carbons (Fsp3) is 0.259. The SMILES string of the molecule is Cn1cc(S(=O)(=O)N2CCC3=Cc4c(cnn4-c4ccc(F)cc4)CC3(COc3ncccc3C#N)C2)cn1. The molecule has 1 atom stereocenters. The van der Waals surface area contributed by atoms with Crippen LogP contribution in [0.3, 0.4) is 0 Å². The number of hydrogen-bond donors (Lipinski definition) is 0. The molecule has 1 aromatic carbocycles. The number of halogens is 1. The van der Waals surface area contributed by atoms with Gasteiger partial charge in [0, 0.05) is 37.9 Å². The van der Waals surface area contributed by atoms with Gasteiger partial charge < -0.3 is 4.74 Å². The number of nitriles is 1. The first kappa shape index (κ1) is 25.0. The van der Waals surface area contributed by atoms with Crippen molar-refractivity contribution in [3.05, 3.63) is 89.4 Å². The van der Waals surface area contributed by atoms with E-state index in [0.29, 0.717) is 18.4 Å². The summed E-state index contributed by atoms with van der Waals surface area (Å²) >= 11 is 0. The lowest BCUT2D eigenvalue weighted by Gasteiger charge is -2.45. The first-order chi connectivity index (χ1) is 18.8. The molecule has 0 N–H and O–H groups in total. The minimum atomic E-state index is -3.80. The zero-order valence-corrected chi connectivity index (χ0v) is 21.8. The van der Waals surface area contributed by atoms with Crippen molar-refractivity contribution in [2.45, 2.75) is 17.7 Å². The third-order valence-electron chi connectivity index (χ3n) is 7.28. The largest absolute Gasteiger partial charge is 0.476 e. The molecule has 0 bridgehead atoms. The van der Waals surface area contributed by atoms with Crippen LogP contribution in [0.2, 0.25) is 0 Å². The van der Waals surface area contributed by atoms with E-state index in [-0.39, 0.29) is 36.3 Å². The van der Waals surface area contributed by atoms with Gasteiger partial charge in [-0.05, 0) is 60.9 Å². The monoisotopic (exact) mass is 545 g/mol. The number of rotatable bonds is 6. The number of benzene rings is 1. The molecule has 1 fully saturated rings. The van der Waals surface area contributed by atoms with Crippen molar-refractivity contribution in [3.63, 3.8) is 0 Å². The summed E-state index contributed by atoms with van der Waals surface area (Å²) in [6.45, 7) is 0.578. The lowest BCUT2D eigenvalue weighted by molar-refractivity contribution is 0.121. The number of nitrogens with zero attached hydrogens (tertiary/aromatic N) is 7. The molecule has 6 rings (SSSR count). The summed E-state index contributed by atoms with van der Waals surface area (Å²) in [7, 11) is -2.13. The van der Waals surface area contributed by atoms with E-state index in [1.165, 1.54) is 33.5 Å². The van der Waals surface area contributed by atoms with E-state index in [1.807, 2.05) is 6.08 Å². The number of fused-ring (bicyclic) bond motifs is 2. The van der Waals surface area contributed by atoms with Crippen LogP contribution in [0.25, 0.3) is 11.8 Å². The Bertz CT molecular complexity index is 1740. The minimum Gasteiger partial charge on any atom is -0.476 e. The number of sulfonamides is 1. The molecule has 1 saturated heterocycles. The second-order valence-electron chi connectivity index (χ2n) is 9.76. The van der Waals surface area contributed by atoms with Crippen molar-refractivity contribution in [3.8, 4) is 17.6 Å². The predicted octanol–water partition coefficient (Wildman–Crippen LogP) is 3.11. The lowest BCUT2D eigenvalue weighted by atomic mass is 9.69. The fourth-order valence-electron chi connectivity index (χ4n) is 5.30. The molecule has 12 heteroatoms. The molecule has 39 heavy (non-hydrogen) atoms. The predicted molar refractivity (Wildman–Crippen MR) is 139 cm³/mol. The lowest BCUT2D eigenvalue weighted by Crippen LogP contribution is -2.52. The Morgan fingerprint density at radius 3 is 2.74 bits per heavy atom. The molecule has 10 nitrogen and oxygen atoms in total. The highest BCUT2D eigenvalue weighted by Gasteiger charge is 2.47. The molecule has 4 aromatic rings. The summed E-state index contributed by atoms with van der Waals surface area (Å²) in [5.41, 5.74) is 3.10. The van der Waals surface area contributed by atoms with E-state index in [2.05, 4.69) is 21.3 Å². The summed E-state index contributed by atoms with van der Waals surface area (Å²) in [5, 5.41) is 18.1. The van der Waals surface area contributed by atoms with Crippen LogP contribution < -0.4 is 4.74 Å². The Morgan fingerprint density at radius 1 is 1.18 bits per heavy atom. The Hall–Kier alpha value is -4.34. The number of hydrogen-bond acceptors (Lipinski definition) is 7. The van der Waals surface area contributed by atoms with Crippen molar-refractivity contribution in [1.29, 1.82) is 5.26 Å². The van der Waals surface area contributed by atoms with Crippen LogP contribution in [0, 0.1) is 22.6 Å². The smallest absolute Gasteiger partial charge is 0.246 e. The maximum absolute atomic E-state index is 13.6. The molecule has 0 saturated carbocycles. The van der Waals surface area contributed by atoms with Crippen LogP contribution in [0.5, 0.6) is 5.88 Å². The number of aryl methyl sites for hydroxylation is 1. The second kappa shape index (κ2) is 9.44.